The second-order valence-electron chi connectivity index (χ2n) is 6.53. The van der Waals surface area contributed by atoms with E-state index in [0.717, 1.165) is 29.7 Å². The minimum atomic E-state index is 0.168. The molecule has 0 saturated carbocycles. The van der Waals surface area contributed by atoms with Crippen molar-refractivity contribution in [3.8, 4) is 5.75 Å². The molecule has 4 rings (SSSR count). The molecule has 24 heavy (non-hydrogen) atoms. The fraction of sp³-hybridized carbons (Fsp3) is 0.400. The van der Waals surface area contributed by atoms with Crippen LogP contribution in [0.2, 0.25) is 0 Å². The molecule has 0 aliphatic carbocycles. The summed E-state index contributed by atoms with van der Waals surface area (Å²) in [4.78, 5) is 0. The Bertz CT molecular complexity index is 761. The number of ether oxygens (including phenoxy) is 2. The van der Waals surface area contributed by atoms with Crippen LogP contribution < -0.4 is 10.1 Å². The number of halogens is 1. The molecule has 3 atom stereocenters. The SMILES string of the molecule is CCc1ccc2c(c1)[C@H]1OCC[C@H]1[C@@H](c1cc(Br)ccc1OC)N2. The molecule has 1 saturated heterocycles. The van der Waals surface area contributed by atoms with Crippen molar-refractivity contribution in [2.75, 3.05) is 19.0 Å². The molecule has 2 aromatic carbocycles. The lowest BCUT2D eigenvalue weighted by Crippen LogP contribution is -2.29. The van der Waals surface area contributed by atoms with E-state index < -0.39 is 0 Å². The summed E-state index contributed by atoms with van der Waals surface area (Å²) in [6.07, 6.45) is 2.28. The van der Waals surface area contributed by atoms with Gasteiger partial charge in [-0.1, -0.05) is 35.0 Å². The minimum Gasteiger partial charge on any atom is -0.496 e. The second-order valence-corrected chi connectivity index (χ2v) is 7.44. The summed E-state index contributed by atoms with van der Waals surface area (Å²) < 4.78 is 12.8. The molecule has 0 bridgehead atoms. The van der Waals surface area contributed by atoms with Crippen molar-refractivity contribution in [2.45, 2.75) is 31.9 Å². The highest BCUT2D eigenvalue weighted by Gasteiger charge is 2.42. The first-order valence-electron chi connectivity index (χ1n) is 8.55. The van der Waals surface area contributed by atoms with Crippen molar-refractivity contribution in [1.82, 2.24) is 0 Å². The summed E-state index contributed by atoms with van der Waals surface area (Å²) in [5.41, 5.74) is 5.05. The van der Waals surface area contributed by atoms with E-state index in [9.17, 15) is 0 Å². The van der Waals surface area contributed by atoms with Gasteiger partial charge in [-0.3, -0.25) is 0 Å². The van der Waals surface area contributed by atoms with Crippen molar-refractivity contribution >= 4 is 21.6 Å². The maximum atomic E-state index is 6.15. The van der Waals surface area contributed by atoms with Crippen LogP contribution in [0.3, 0.4) is 0 Å². The number of rotatable bonds is 3. The van der Waals surface area contributed by atoms with E-state index in [-0.39, 0.29) is 12.1 Å². The molecule has 2 aliphatic heterocycles. The monoisotopic (exact) mass is 387 g/mol. The van der Waals surface area contributed by atoms with Crippen molar-refractivity contribution in [2.24, 2.45) is 5.92 Å². The molecule has 0 radical (unpaired) electrons. The van der Waals surface area contributed by atoms with Gasteiger partial charge in [0.1, 0.15) is 5.75 Å². The van der Waals surface area contributed by atoms with E-state index in [1.54, 1.807) is 7.11 Å². The molecule has 0 amide bonds. The topological polar surface area (TPSA) is 30.5 Å². The molecule has 4 heteroatoms. The van der Waals surface area contributed by atoms with E-state index in [1.807, 2.05) is 12.1 Å². The predicted molar refractivity (Wildman–Crippen MR) is 99.7 cm³/mol. The van der Waals surface area contributed by atoms with Gasteiger partial charge in [0.15, 0.2) is 0 Å². The van der Waals surface area contributed by atoms with Gasteiger partial charge in [-0.15, -0.1) is 0 Å². The van der Waals surface area contributed by atoms with Crippen LogP contribution in [-0.4, -0.2) is 13.7 Å². The zero-order valence-electron chi connectivity index (χ0n) is 14.0. The Hall–Kier alpha value is -1.52. The third-order valence-electron chi connectivity index (χ3n) is 5.23. The molecule has 0 unspecified atom stereocenters. The highest BCUT2D eigenvalue weighted by atomic mass is 79.9. The van der Waals surface area contributed by atoms with E-state index in [1.165, 1.54) is 22.4 Å². The number of hydrogen-bond donors (Lipinski definition) is 1. The van der Waals surface area contributed by atoms with E-state index in [0.29, 0.717) is 5.92 Å². The first-order valence-corrected chi connectivity index (χ1v) is 9.35. The quantitative estimate of drug-likeness (QED) is 0.778. The van der Waals surface area contributed by atoms with Gasteiger partial charge in [-0.05, 0) is 42.7 Å². The van der Waals surface area contributed by atoms with Gasteiger partial charge < -0.3 is 14.8 Å². The van der Waals surface area contributed by atoms with Crippen LogP contribution in [0, 0.1) is 5.92 Å². The summed E-state index contributed by atoms with van der Waals surface area (Å²) in [7, 11) is 1.74. The standard InChI is InChI=1S/C20H22BrNO2/c1-3-12-4-6-17-15(10-12)20-14(8-9-24-20)19(22-17)16-11-13(21)5-7-18(16)23-2/h4-7,10-11,14,19-20,22H,3,8-9H2,1-2H3/t14-,19-,20-/m0/s1. The van der Waals surface area contributed by atoms with Gasteiger partial charge in [-0.25, -0.2) is 0 Å². The molecule has 0 aromatic heterocycles. The summed E-state index contributed by atoms with van der Waals surface area (Å²) in [6.45, 7) is 3.01. The molecule has 0 spiro atoms. The van der Waals surface area contributed by atoms with Crippen LogP contribution >= 0.6 is 15.9 Å². The van der Waals surface area contributed by atoms with Crippen molar-refractivity contribution in [3.05, 3.63) is 57.6 Å². The lowest BCUT2D eigenvalue weighted by molar-refractivity contribution is 0.0826. The van der Waals surface area contributed by atoms with Gasteiger partial charge >= 0.3 is 0 Å². The van der Waals surface area contributed by atoms with Gasteiger partial charge in [0.05, 0.1) is 19.3 Å². The smallest absolute Gasteiger partial charge is 0.124 e. The fourth-order valence-corrected chi connectivity index (χ4v) is 4.38. The number of benzene rings is 2. The number of fused-ring (bicyclic) bond motifs is 3. The first-order chi connectivity index (χ1) is 11.7. The second kappa shape index (κ2) is 6.41. The zero-order chi connectivity index (χ0) is 16.7. The molecule has 2 aromatic rings. The zero-order valence-corrected chi connectivity index (χ0v) is 15.6. The van der Waals surface area contributed by atoms with Crippen LogP contribution in [0.1, 0.15) is 42.2 Å². The number of anilines is 1. The average molecular weight is 388 g/mol. The Balaban J connectivity index is 1.80. The highest BCUT2D eigenvalue weighted by molar-refractivity contribution is 9.10. The lowest BCUT2D eigenvalue weighted by atomic mass is 9.80. The van der Waals surface area contributed by atoms with E-state index in [2.05, 4.69) is 52.4 Å². The van der Waals surface area contributed by atoms with Gasteiger partial charge in [0, 0.05) is 33.8 Å². The lowest BCUT2D eigenvalue weighted by Gasteiger charge is -2.37. The Morgan fingerprint density at radius 3 is 2.88 bits per heavy atom. The van der Waals surface area contributed by atoms with Crippen LogP contribution in [-0.2, 0) is 11.2 Å². The summed E-state index contributed by atoms with van der Waals surface area (Å²) >= 11 is 3.60. The summed E-state index contributed by atoms with van der Waals surface area (Å²) in [6, 6.07) is 13.1. The largest absolute Gasteiger partial charge is 0.496 e. The average Bonchev–Trinajstić information content (AvgIpc) is 3.10. The third-order valence-corrected chi connectivity index (χ3v) is 5.73. The normalized spacial score (nSPS) is 24.9. The Morgan fingerprint density at radius 1 is 1.21 bits per heavy atom. The van der Waals surface area contributed by atoms with Crippen LogP contribution in [0.15, 0.2) is 40.9 Å². The van der Waals surface area contributed by atoms with Crippen LogP contribution in [0.4, 0.5) is 5.69 Å². The summed E-state index contributed by atoms with van der Waals surface area (Å²) in [5.74, 6) is 1.35. The van der Waals surface area contributed by atoms with Crippen LogP contribution in [0.25, 0.3) is 0 Å². The number of nitrogens with one attached hydrogen (secondary N) is 1. The van der Waals surface area contributed by atoms with Gasteiger partial charge in [0.25, 0.3) is 0 Å². The molecule has 2 aliphatic rings. The molecular formula is C20H22BrNO2. The Kier molecular flexibility index (Phi) is 4.27. The van der Waals surface area contributed by atoms with Crippen molar-refractivity contribution < 1.29 is 9.47 Å². The van der Waals surface area contributed by atoms with Gasteiger partial charge in [0.2, 0.25) is 0 Å². The Morgan fingerprint density at radius 2 is 2.08 bits per heavy atom. The molecule has 1 fully saturated rings. The van der Waals surface area contributed by atoms with E-state index >= 15 is 0 Å². The predicted octanol–water partition coefficient (Wildman–Crippen LogP) is 5.26. The van der Waals surface area contributed by atoms with Crippen LogP contribution in [0.5, 0.6) is 5.75 Å². The maximum Gasteiger partial charge on any atom is 0.124 e. The molecule has 2 heterocycles. The third kappa shape index (κ3) is 2.62. The number of hydrogen-bond acceptors (Lipinski definition) is 3. The minimum absolute atomic E-state index is 0.168. The van der Waals surface area contributed by atoms with E-state index in [4.69, 9.17) is 9.47 Å². The fourth-order valence-electron chi connectivity index (χ4n) is 4.00. The first kappa shape index (κ1) is 16.0. The maximum absolute atomic E-state index is 6.15. The summed E-state index contributed by atoms with van der Waals surface area (Å²) in [5, 5.41) is 3.76. The number of aryl methyl sites for hydroxylation is 1. The van der Waals surface area contributed by atoms with Crippen molar-refractivity contribution in [1.29, 1.82) is 0 Å². The molecule has 1 N–H and O–H groups in total. The molecular weight excluding hydrogens is 366 g/mol. The van der Waals surface area contributed by atoms with Crippen molar-refractivity contribution in [3.63, 3.8) is 0 Å². The molecule has 3 nitrogen and oxygen atoms in total. The highest BCUT2D eigenvalue weighted by Crippen LogP contribution is 2.51. The number of methoxy groups -OCH3 is 1. The van der Waals surface area contributed by atoms with Gasteiger partial charge in [-0.2, -0.15) is 0 Å². The molecule has 126 valence electrons. The Labute approximate surface area is 151 Å².